The number of nitrogen functional groups attached to an aromatic ring is 1. The minimum absolute atomic E-state index is 0.319. The van der Waals surface area contributed by atoms with Gasteiger partial charge in [0, 0.05) is 9.75 Å². The van der Waals surface area contributed by atoms with Gasteiger partial charge in [-0.2, -0.15) is 0 Å². The molecule has 20 heavy (non-hydrogen) atoms. The molecular formula is C15H19NO2S2. The number of esters is 1. The molecule has 0 radical (unpaired) electrons. The van der Waals surface area contributed by atoms with E-state index in [1.807, 2.05) is 0 Å². The molecule has 0 spiro atoms. The zero-order valence-corrected chi connectivity index (χ0v) is 13.8. The SMILES string of the molecule is CCOC(=O)c1sc(-c2cc(C)c(C)s2)c(CC)c1N. The standard InChI is InChI=1S/C15H19NO2S2/c1-5-10-12(16)14(15(17)18-6-2)20-13(10)11-7-8(3)9(4)19-11/h7H,5-6,16H2,1-4H3. The number of ether oxygens (including phenoxy) is 1. The van der Waals surface area contributed by atoms with Gasteiger partial charge in [0.1, 0.15) is 4.88 Å². The van der Waals surface area contributed by atoms with Crippen LogP contribution in [0.5, 0.6) is 0 Å². The highest BCUT2D eigenvalue weighted by molar-refractivity contribution is 7.23. The van der Waals surface area contributed by atoms with Gasteiger partial charge in [0.05, 0.1) is 17.2 Å². The van der Waals surface area contributed by atoms with Crippen LogP contribution in [-0.4, -0.2) is 12.6 Å². The Labute approximate surface area is 127 Å². The number of carbonyl (C=O) groups excluding carboxylic acids is 1. The number of rotatable bonds is 4. The molecule has 0 saturated carbocycles. The van der Waals surface area contributed by atoms with Crippen LogP contribution in [0, 0.1) is 13.8 Å². The molecule has 0 amide bonds. The number of anilines is 1. The number of carbonyl (C=O) groups is 1. The average molecular weight is 309 g/mol. The van der Waals surface area contributed by atoms with Crippen LogP contribution in [0.1, 0.15) is 39.5 Å². The molecule has 2 rings (SSSR count). The van der Waals surface area contributed by atoms with Gasteiger partial charge in [-0.05, 0) is 44.4 Å². The lowest BCUT2D eigenvalue weighted by Gasteiger charge is -2.01. The third-order valence-corrected chi connectivity index (χ3v) is 5.81. The van der Waals surface area contributed by atoms with E-state index in [0.717, 1.165) is 16.9 Å². The summed E-state index contributed by atoms with van der Waals surface area (Å²) in [5, 5.41) is 0. The van der Waals surface area contributed by atoms with Crippen LogP contribution in [-0.2, 0) is 11.2 Å². The summed E-state index contributed by atoms with van der Waals surface area (Å²) in [6.45, 7) is 8.44. The summed E-state index contributed by atoms with van der Waals surface area (Å²) < 4.78 is 5.08. The highest BCUT2D eigenvalue weighted by Crippen LogP contribution is 2.42. The molecule has 2 aromatic rings. The normalized spacial score (nSPS) is 10.8. The van der Waals surface area contributed by atoms with Gasteiger partial charge in [-0.1, -0.05) is 6.92 Å². The second-order valence-corrected chi connectivity index (χ2v) is 6.85. The molecule has 2 heterocycles. The Morgan fingerprint density at radius 3 is 2.50 bits per heavy atom. The van der Waals surface area contributed by atoms with Crippen molar-refractivity contribution < 1.29 is 9.53 Å². The number of nitrogens with two attached hydrogens (primary N) is 1. The third-order valence-electron chi connectivity index (χ3n) is 3.25. The van der Waals surface area contributed by atoms with Gasteiger partial charge in [0.2, 0.25) is 0 Å². The zero-order valence-electron chi connectivity index (χ0n) is 12.2. The Kier molecular flexibility index (Phi) is 4.50. The summed E-state index contributed by atoms with van der Waals surface area (Å²) in [7, 11) is 0. The summed E-state index contributed by atoms with van der Waals surface area (Å²) >= 11 is 3.19. The van der Waals surface area contributed by atoms with Crippen molar-refractivity contribution in [1.82, 2.24) is 0 Å². The monoisotopic (exact) mass is 309 g/mol. The molecule has 2 N–H and O–H groups in total. The van der Waals surface area contributed by atoms with Gasteiger partial charge < -0.3 is 10.5 Å². The van der Waals surface area contributed by atoms with Gasteiger partial charge in [-0.15, -0.1) is 22.7 Å². The summed E-state index contributed by atoms with van der Waals surface area (Å²) in [5.41, 5.74) is 9.05. The van der Waals surface area contributed by atoms with Crippen LogP contribution in [0.2, 0.25) is 0 Å². The smallest absolute Gasteiger partial charge is 0.350 e. The van der Waals surface area contributed by atoms with Gasteiger partial charge in [0.25, 0.3) is 0 Å². The van der Waals surface area contributed by atoms with Gasteiger partial charge in [-0.25, -0.2) is 4.79 Å². The maximum atomic E-state index is 12.0. The lowest BCUT2D eigenvalue weighted by molar-refractivity contribution is 0.0533. The molecular weight excluding hydrogens is 290 g/mol. The first kappa shape index (κ1) is 15.1. The first-order valence-corrected chi connectivity index (χ1v) is 8.28. The van der Waals surface area contributed by atoms with E-state index < -0.39 is 0 Å². The van der Waals surface area contributed by atoms with Crippen LogP contribution in [0.3, 0.4) is 0 Å². The van der Waals surface area contributed by atoms with Crippen molar-refractivity contribution in [2.24, 2.45) is 0 Å². The molecule has 2 aromatic heterocycles. The second kappa shape index (κ2) is 5.97. The first-order valence-electron chi connectivity index (χ1n) is 6.65. The van der Waals surface area contributed by atoms with Crippen LogP contribution < -0.4 is 5.73 Å². The fourth-order valence-electron chi connectivity index (χ4n) is 2.06. The Morgan fingerprint density at radius 1 is 1.30 bits per heavy atom. The van der Waals surface area contributed by atoms with E-state index in [1.165, 1.54) is 26.7 Å². The second-order valence-electron chi connectivity index (χ2n) is 4.58. The Balaban J connectivity index is 2.53. The summed E-state index contributed by atoms with van der Waals surface area (Å²) in [5.74, 6) is -0.319. The van der Waals surface area contributed by atoms with Crippen molar-refractivity contribution >= 4 is 34.3 Å². The zero-order chi connectivity index (χ0) is 14.9. The Morgan fingerprint density at radius 2 is 2.00 bits per heavy atom. The highest BCUT2D eigenvalue weighted by atomic mass is 32.1. The minimum Gasteiger partial charge on any atom is -0.462 e. The van der Waals surface area contributed by atoms with E-state index in [2.05, 4.69) is 26.8 Å². The van der Waals surface area contributed by atoms with Gasteiger partial charge in [-0.3, -0.25) is 0 Å². The maximum absolute atomic E-state index is 12.0. The summed E-state index contributed by atoms with van der Waals surface area (Å²) in [6.07, 6.45) is 0.813. The quantitative estimate of drug-likeness (QED) is 0.851. The molecule has 0 bridgehead atoms. The molecule has 0 unspecified atom stereocenters. The van der Waals surface area contributed by atoms with Crippen molar-refractivity contribution in [2.75, 3.05) is 12.3 Å². The van der Waals surface area contributed by atoms with E-state index in [1.54, 1.807) is 18.3 Å². The molecule has 0 aliphatic carbocycles. The van der Waals surface area contributed by atoms with E-state index in [-0.39, 0.29) is 5.97 Å². The summed E-state index contributed by atoms with van der Waals surface area (Å²) in [4.78, 5) is 16.1. The Hall–Kier alpha value is -1.33. The molecule has 108 valence electrons. The maximum Gasteiger partial charge on any atom is 0.350 e. The minimum atomic E-state index is -0.319. The summed E-state index contributed by atoms with van der Waals surface area (Å²) in [6, 6.07) is 2.17. The number of hydrogen-bond acceptors (Lipinski definition) is 5. The number of hydrogen-bond donors (Lipinski definition) is 1. The van der Waals surface area contributed by atoms with E-state index in [4.69, 9.17) is 10.5 Å². The van der Waals surface area contributed by atoms with Gasteiger partial charge in [0.15, 0.2) is 0 Å². The third kappa shape index (κ3) is 2.60. The van der Waals surface area contributed by atoms with Gasteiger partial charge >= 0.3 is 5.97 Å². The van der Waals surface area contributed by atoms with Crippen molar-refractivity contribution in [3.8, 4) is 9.75 Å². The van der Waals surface area contributed by atoms with Crippen molar-refractivity contribution in [1.29, 1.82) is 0 Å². The predicted octanol–water partition coefficient (Wildman–Crippen LogP) is 4.41. The van der Waals surface area contributed by atoms with Crippen molar-refractivity contribution in [3.05, 3.63) is 26.9 Å². The van der Waals surface area contributed by atoms with E-state index >= 15 is 0 Å². The molecule has 0 aliphatic heterocycles. The van der Waals surface area contributed by atoms with Crippen LogP contribution >= 0.6 is 22.7 Å². The Bertz CT molecular complexity index is 621. The molecule has 0 saturated heterocycles. The lowest BCUT2D eigenvalue weighted by Crippen LogP contribution is -2.05. The van der Waals surface area contributed by atoms with E-state index in [0.29, 0.717) is 17.2 Å². The number of aryl methyl sites for hydroxylation is 2. The molecule has 0 aliphatic rings. The number of thiophene rings is 2. The molecule has 5 heteroatoms. The lowest BCUT2D eigenvalue weighted by atomic mass is 10.1. The first-order chi connectivity index (χ1) is 9.49. The molecule has 3 nitrogen and oxygen atoms in total. The fourth-order valence-corrected chi connectivity index (χ4v) is 4.43. The molecule has 0 atom stereocenters. The fraction of sp³-hybridized carbons (Fsp3) is 0.400. The van der Waals surface area contributed by atoms with Crippen molar-refractivity contribution in [2.45, 2.75) is 34.1 Å². The van der Waals surface area contributed by atoms with Crippen molar-refractivity contribution in [3.63, 3.8) is 0 Å². The van der Waals surface area contributed by atoms with Crippen LogP contribution in [0.4, 0.5) is 5.69 Å². The topological polar surface area (TPSA) is 52.3 Å². The molecule has 0 aromatic carbocycles. The molecule has 0 fully saturated rings. The van der Waals surface area contributed by atoms with Crippen LogP contribution in [0.25, 0.3) is 9.75 Å². The van der Waals surface area contributed by atoms with Crippen LogP contribution in [0.15, 0.2) is 6.07 Å². The highest BCUT2D eigenvalue weighted by Gasteiger charge is 2.22. The predicted molar refractivity (Wildman–Crippen MR) is 86.9 cm³/mol. The van der Waals surface area contributed by atoms with E-state index in [9.17, 15) is 4.79 Å². The largest absolute Gasteiger partial charge is 0.462 e. The average Bonchev–Trinajstić information content (AvgIpc) is 2.90.